The molecule has 0 aromatic heterocycles. The predicted molar refractivity (Wildman–Crippen MR) is 69.6 cm³/mol. The summed E-state index contributed by atoms with van der Waals surface area (Å²) >= 11 is 0. The topological polar surface area (TPSA) is 87.5 Å². The maximum Gasteiger partial charge on any atom is 0.241 e. The van der Waals surface area contributed by atoms with Crippen molar-refractivity contribution in [2.45, 2.75) is 26.8 Å². The summed E-state index contributed by atoms with van der Waals surface area (Å²) in [7, 11) is 3.92. The van der Waals surface area contributed by atoms with Gasteiger partial charge < -0.3 is 21.3 Å². The van der Waals surface area contributed by atoms with E-state index in [2.05, 4.69) is 10.6 Å². The standard InChI is InChI=1S/C9H20N4O2.C2H6/c1-7(14)12-8(9(10)15)6-11-4-5-13(2)3;1-2/h8,11H,4-6H2,1-3H3,(H2,10,15)(H,12,14);1-2H3. The van der Waals surface area contributed by atoms with Gasteiger partial charge in [0, 0.05) is 26.6 Å². The van der Waals surface area contributed by atoms with Gasteiger partial charge in [0.1, 0.15) is 6.04 Å². The Hall–Kier alpha value is -1.14. The molecule has 6 heteroatoms. The molecule has 6 nitrogen and oxygen atoms in total. The maximum absolute atomic E-state index is 10.9. The number of nitrogens with two attached hydrogens (primary N) is 1. The Morgan fingerprint density at radius 3 is 2.18 bits per heavy atom. The summed E-state index contributed by atoms with van der Waals surface area (Å²) in [5.41, 5.74) is 5.12. The number of rotatable bonds is 7. The van der Waals surface area contributed by atoms with Gasteiger partial charge in [0.25, 0.3) is 0 Å². The van der Waals surface area contributed by atoms with Crippen LogP contribution in [0.1, 0.15) is 20.8 Å². The summed E-state index contributed by atoms with van der Waals surface area (Å²) in [4.78, 5) is 23.7. The lowest BCUT2D eigenvalue weighted by molar-refractivity contribution is -0.126. The summed E-state index contributed by atoms with van der Waals surface area (Å²) in [6.07, 6.45) is 0. The normalized spacial score (nSPS) is 11.4. The van der Waals surface area contributed by atoms with Crippen LogP contribution in [0.25, 0.3) is 0 Å². The molecule has 102 valence electrons. The molecule has 0 aromatic rings. The van der Waals surface area contributed by atoms with Crippen molar-refractivity contribution in [3.8, 4) is 0 Å². The Bertz CT molecular complexity index is 220. The molecule has 4 N–H and O–H groups in total. The summed E-state index contributed by atoms with van der Waals surface area (Å²) in [5, 5.41) is 5.52. The van der Waals surface area contributed by atoms with Crippen LogP contribution in [0.4, 0.5) is 0 Å². The molecule has 0 aromatic carbocycles. The predicted octanol–water partition coefficient (Wildman–Crippen LogP) is -0.846. The zero-order chi connectivity index (χ0) is 13.8. The monoisotopic (exact) mass is 246 g/mol. The van der Waals surface area contributed by atoms with Crippen molar-refractivity contribution in [1.29, 1.82) is 0 Å². The highest BCUT2D eigenvalue weighted by Gasteiger charge is 2.14. The summed E-state index contributed by atoms with van der Waals surface area (Å²) in [5.74, 6) is -0.782. The van der Waals surface area contributed by atoms with Crippen LogP contribution in [-0.2, 0) is 9.59 Å². The van der Waals surface area contributed by atoms with Crippen molar-refractivity contribution in [3.63, 3.8) is 0 Å². The fourth-order valence-electron chi connectivity index (χ4n) is 1.02. The molecule has 17 heavy (non-hydrogen) atoms. The number of nitrogens with one attached hydrogen (secondary N) is 2. The van der Waals surface area contributed by atoms with E-state index in [9.17, 15) is 9.59 Å². The minimum absolute atomic E-state index is 0.256. The Morgan fingerprint density at radius 2 is 1.82 bits per heavy atom. The summed E-state index contributed by atoms with van der Waals surface area (Å²) < 4.78 is 0. The van der Waals surface area contributed by atoms with Crippen molar-refractivity contribution in [2.24, 2.45) is 5.73 Å². The van der Waals surface area contributed by atoms with E-state index < -0.39 is 11.9 Å². The second-order valence-electron chi connectivity index (χ2n) is 3.66. The number of carbonyl (C=O) groups excluding carboxylic acids is 2. The van der Waals surface area contributed by atoms with Gasteiger partial charge >= 0.3 is 0 Å². The van der Waals surface area contributed by atoms with E-state index in [-0.39, 0.29) is 5.91 Å². The quantitative estimate of drug-likeness (QED) is 0.511. The zero-order valence-corrected chi connectivity index (χ0v) is 11.5. The Morgan fingerprint density at radius 1 is 1.29 bits per heavy atom. The number of hydrogen-bond donors (Lipinski definition) is 3. The number of hydrogen-bond acceptors (Lipinski definition) is 4. The molecule has 0 aliphatic carbocycles. The molecular weight excluding hydrogens is 220 g/mol. The number of primary amides is 1. The van der Waals surface area contributed by atoms with Crippen molar-refractivity contribution < 1.29 is 9.59 Å². The maximum atomic E-state index is 10.9. The van der Waals surface area contributed by atoms with Gasteiger partial charge in [0.2, 0.25) is 11.8 Å². The van der Waals surface area contributed by atoms with Crippen LogP contribution in [0.2, 0.25) is 0 Å². The van der Waals surface area contributed by atoms with Gasteiger partial charge in [0.05, 0.1) is 0 Å². The fourth-order valence-corrected chi connectivity index (χ4v) is 1.02. The lowest BCUT2D eigenvalue weighted by Gasteiger charge is -2.16. The second-order valence-corrected chi connectivity index (χ2v) is 3.66. The first-order chi connectivity index (χ1) is 7.93. The molecule has 0 rings (SSSR count). The molecule has 0 bridgehead atoms. The SMILES string of the molecule is CC.CC(=O)NC(CNCCN(C)C)C(N)=O. The third-order valence-corrected chi connectivity index (χ3v) is 1.81. The van der Waals surface area contributed by atoms with E-state index in [1.165, 1.54) is 6.92 Å². The molecule has 1 atom stereocenters. The minimum Gasteiger partial charge on any atom is -0.368 e. The average Bonchev–Trinajstić information content (AvgIpc) is 2.24. The smallest absolute Gasteiger partial charge is 0.241 e. The van der Waals surface area contributed by atoms with Crippen LogP contribution in [0, 0.1) is 0 Å². The number of likely N-dealkylation sites (N-methyl/N-ethyl adjacent to an activating group) is 1. The third kappa shape index (κ3) is 12.8. The molecule has 2 amide bonds. The summed E-state index contributed by atoms with van der Waals surface area (Å²) in [6, 6.07) is -0.635. The van der Waals surface area contributed by atoms with Gasteiger partial charge in [-0.15, -0.1) is 0 Å². The van der Waals surface area contributed by atoms with Crippen LogP contribution in [0.15, 0.2) is 0 Å². The molecular formula is C11H26N4O2. The van der Waals surface area contributed by atoms with Crippen LogP contribution >= 0.6 is 0 Å². The van der Waals surface area contributed by atoms with Crippen molar-refractivity contribution in [1.82, 2.24) is 15.5 Å². The highest BCUT2D eigenvalue weighted by Crippen LogP contribution is 1.81. The largest absolute Gasteiger partial charge is 0.368 e. The van der Waals surface area contributed by atoms with Crippen LogP contribution in [-0.4, -0.2) is 56.5 Å². The van der Waals surface area contributed by atoms with Crippen molar-refractivity contribution in [3.05, 3.63) is 0 Å². The first kappa shape index (κ1) is 18.2. The van der Waals surface area contributed by atoms with Crippen molar-refractivity contribution >= 4 is 11.8 Å². The second kappa shape index (κ2) is 11.3. The molecule has 0 aliphatic rings. The highest BCUT2D eigenvalue weighted by molar-refractivity contribution is 5.85. The molecule has 0 fully saturated rings. The van der Waals surface area contributed by atoms with E-state index in [0.717, 1.165) is 13.1 Å². The molecule has 0 heterocycles. The number of nitrogens with zero attached hydrogens (tertiary/aromatic N) is 1. The molecule has 0 radical (unpaired) electrons. The summed E-state index contributed by atoms with van der Waals surface area (Å²) in [6.45, 7) is 7.33. The third-order valence-electron chi connectivity index (χ3n) is 1.81. The van der Waals surface area contributed by atoms with Gasteiger partial charge in [-0.1, -0.05) is 13.8 Å². The van der Waals surface area contributed by atoms with Crippen LogP contribution in [0.3, 0.4) is 0 Å². The lowest BCUT2D eigenvalue weighted by Crippen LogP contribution is -2.50. The van der Waals surface area contributed by atoms with E-state index in [4.69, 9.17) is 5.73 Å². The molecule has 1 unspecified atom stereocenters. The van der Waals surface area contributed by atoms with Crippen LogP contribution in [0.5, 0.6) is 0 Å². The first-order valence-corrected chi connectivity index (χ1v) is 5.85. The number of amides is 2. The Balaban J connectivity index is 0. The van der Waals surface area contributed by atoms with Gasteiger partial charge in [-0.2, -0.15) is 0 Å². The zero-order valence-electron chi connectivity index (χ0n) is 11.5. The average molecular weight is 246 g/mol. The van der Waals surface area contributed by atoms with Gasteiger partial charge in [-0.3, -0.25) is 9.59 Å². The van der Waals surface area contributed by atoms with E-state index in [1.807, 2.05) is 32.8 Å². The first-order valence-electron chi connectivity index (χ1n) is 5.85. The van der Waals surface area contributed by atoms with E-state index >= 15 is 0 Å². The van der Waals surface area contributed by atoms with Gasteiger partial charge in [0.15, 0.2) is 0 Å². The Kier molecular flexibility index (Phi) is 12.2. The number of carbonyl (C=O) groups is 2. The molecule has 0 aliphatic heterocycles. The molecule has 0 spiro atoms. The fraction of sp³-hybridized carbons (Fsp3) is 0.818. The highest BCUT2D eigenvalue weighted by atomic mass is 16.2. The van der Waals surface area contributed by atoms with Crippen LogP contribution < -0.4 is 16.4 Å². The minimum atomic E-state index is -0.635. The lowest BCUT2D eigenvalue weighted by atomic mass is 10.2. The van der Waals surface area contributed by atoms with E-state index in [0.29, 0.717) is 6.54 Å². The van der Waals surface area contributed by atoms with Gasteiger partial charge in [-0.05, 0) is 14.1 Å². The van der Waals surface area contributed by atoms with E-state index in [1.54, 1.807) is 0 Å². The van der Waals surface area contributed by atoms with Gasteiger partial charge in [-0.25, -0.2) is 0 Å². The molecule has 0 saturated heterocycles. The molecule has 0 saturated carbocycles. The van der Waals surface area contributed by atoms with Crippen molar-refractivity contribution in [2.75, 3.05) is 33.7 Å². The Labute approximate surface area is 104 Å².